The van der Waals surface area contributed by atoms with Crippen LogP contribution in [0.25, 0.3) is 0 Å². The normalized spacial score (nSPS) is 23.2. The van der Waals surface area contributed by atoms with Crippen molar-refractivity contribution in [3.63, 3.8) is 0 Å². The van der Waals surface area contributed by atoms with Gasteiger partial charge >= 0.3 is 0 Å². The van der Waals surface area contributed by atoms with Gasteiger partial charge in [0.15, 0.2) is 0 Å². The predicted molar refractivity (Wildman–Crippen MR) is 61.2 cm³/mol. The van der Waals surface area contributed by atoms with Crippen LogP contribution in [0.15, 0.2) is 0 Å². The molecule has 1 saturated heterocycles. The zero-order chi connectivity index (χ0) is 10.6. The highest BCUT2D eigenvalue weighted by molar-refractivity contribution is 7.99. The summed E-state index contributed by atoms with van der Waals surface area (Å²) in [6.45, 7) is 1.30. The first-order valence-electron chi connectivity index (χ1n) is 4.72. The lowest BCUT2D eigenvalue weighted by molar-refractivity contribution is 0.446. The Balaban J connectivity index is 2.14. The molecular weight excluding hydrogens is 220 g/mol. The number of hydrogen-bond acceptors (Lipinski definition) is 4. The molecule has 0 amide bonds. The van der Waals surface area contributed by atoms with Gasteiger partial charge in [0.2, 0.25) is 10.0 Å². The maximum Gasteiger partial charge on any atom is 0.210 e. The fourth-order valence-corrected chi connectivity index (χ4v) is 2.90. The Hall–Kier alpha value is 0.220. The lowest BCUT2D eigenvalue weighted by Gasteiger charge is -2.16. The Labute approximate surface area is 90.5 Å². The van der Waals surface area contributed by atoms with Crippen molar-refractivity contribution in [3.05, 3.63) is 0 Å². The number of rotatable bonds is 5. The van der Waals surface area contributed by atoms with Gasteiger partial charge in [-0.1, -0.05) is 0 Å². The second kappa shape index (κ2) is 5.34. The van der Waals surface area contributed by atoms with Crippen LogP contribution in [-0.4, -0.2) is 56.7 Å². The Morgan fingerprint density at radius 2 is 2.29 bits per heavy atom. The summed E-state index contributed by atoms with van der Waals surface area (Å²) in [6.07, 6.45) is 2.44. The zero-order valence-corrected chi connectivity index (χ0v) is 10.3. The maximum absolute atomic E-state index is 11.1. The molecule has 0 aromatic heterocycles. The van der Waals surface area contributed by atoms with Gasteiger partial charge in [0, 0.05) is 31.9 Å². The van der Waals surface area contributed by atoms with Crippen molar-refractivity contribution in [1.29, 1.82) is 0 Å². The molecule has 1 fully saturated rings. The van der Waals surface area contributed by atoms with Gasteiger partial charge in [0.1, 0.15) is 0 Å². The van der Waals surface area contributed by atoms with E-state index in [-0.39, 0.29) is 0 Å². The van der Waals surface area contributed by atoms with Gasteiger partial charge in [0.25, 0.3) is 0 Å². The largest absolute Gasteiger partial charge is 0.312 e. The lowest BCUT2D eigenvalue weighted by Crippen LogP contribution is -2.37. The van der Waals surface area contributed by atoms with E-state index in [0.29, 0.717) is 12.6 Å². The van der Waals surface area contributed by atoms with Crippen molar-refractivity contribution in [2.45, 2.75) is 12.5 Å². The molecule has 0 unspecified atom stereocenters. The molecule has 0 radical (unpaired) electrons. The van der Waals surface area contributed by atoms with Crippen LogP contribution in [0.1, 0.15) is 6.42 Å². The maximum atomic E-state index is 11.1. The molecule has 4 nitrogen and oxygen atoms in total. The van der Waals surface area contributed by atoms with E-state index in [9.17, 15) is 8.42 Å². The van der Waals surface area contributed by atoms with Crippen LogP contribution in [0.4, 0.5) is 0 Å². The molecule has 84 valence electrons. The Morgan fingerprint density at radius 3 is 2.79 bits per heavy atom. The molecule has 0 spiro atoms. The lowest BCUT2D eigenvalue weighted by atomic mass is 10.3. The van der Waals surface area contributed by atoms with E-state index in [0.717, 1.165) is 12.3 Å². The van der Waals surface area contributed by atoms with Gasteiger partial charge in [-0.2, -0.15) is 11.8 Å². The second-order valence-corrected chi connectivity index (χ2v) is 6.84. The van der Waals surface area contributed by atoms with Crippen molar-refractivity contribution < 1.29 is 8.42 Å². The summed E-state index contributed by atoms with van der Waals surface area (Å²) in [5, 5.41) is 3.36. The summed E-state index contributed by atoms with van der Waals surface area (Å²) in [6, 6.07) is 0.577. The first-order valence-corrected chi connectivity index (χ1v) is 7.73. The predicted octanol–water partition coefficient (Wildman–Crippen LogP) is -0.0271. The minimum Gasteiger partial charge on any atom is -0.312 e. The molecule has 0 aromatic rings. The number of sulfonamides is 1. The van der Waals surface area contributed by atoms with E-state index >= 15 is 0 Å². The topological polar surface area (TPSA) is 49.4 Å². The molecule has 1 rings (SSSR count). The number of nitrogens with one attached hydrogen (secondary N) is 1. The first kappa shape index (κ1) is 12.3. The van der Waals surface area contributed by atoms with Gasteiger partial charge in [-0.05, 0) is 12.2 Å². The van der Waals surface area contributed by atoms with Crippen LogP contribution in [-0.2, 0) is 10.0 Å². The third kappa shape index (κ3) is 4.16. The van der Waals surface area contributed by atoms with Crippen molar-refractivity contribution in [2.24, 2.45) is 0 Å². The van der Waals surface area contributed by atoms with Crippen LogP contribution in [0.2, 0.25) is 0 Å². The minimum absolute atomic E-state index is 0.556. The van der Waals surface area contributed by atoms with Gasteiger partial charge < -0.3 is 5.32 Å². The molecular formula is C8H18N2O2S2. The third-order valence-corrected chi connectivity index (χ3v) is 4.83. The molecule has 1 N–H and O–H groups in total. The van der Waals surface area contributed by atoms with Crippen molar-refractivity contribution in [1.82, 2.24) is 9.62 Å². The summed E-state index contributed by atoms with van der Waals surface area (Å²) < 4.78 is 23.5. The standard InChI is InChI=1S/C8H18N2O2S2/c1-10(14(2,11)12)5-4-9-8-3-6-13-7-8/h8-9H,3-7H2,1-2H3/t8-/m1/s1. The van der Waals surface area contributed by atoms with Crippen LogP contribution in [0.5, 0.6) is 0 Å². The number of hydrogen-bond donors (Lipinski definition) is 1. The molecule has 1 heterocycles. The summed E-state index contributed by atoms with van der Waals surface area (Å²) in [5.41, 5.74) is 0. The molecule has 0 aromatic carbocycles. The van der Waals surface area contributed by atoms with Gasteiger partial charge in [-0.3, -0.25) is 0 Å². The SMILES string of the molecule is CN(CCN[C@@H]1CCSC1)S(C)(=O)=O. The van der Waals surface area contributed by atoms with E-state index in [1.165, 1.54) is 22.7 Å². The average molecular weight is 238 g/mol. The summed E-state index contributed by atoms with van der Waals surface area (Å²) in [4.78, 5) is 0. The van der Waals surface area contributed by atoms with E-state index in [4.69, 9.17) is 0 Å². The van der Waals surface area contributed by atoms with Gasteiger partial charge in [-0.15, -0.1) is 0 Å². The highest BCUT2D eigenvalue weighted by Crippen LogP contribution is 2.16. The van der Waals surface area contributed by atoms with Crippen molar-refractivity contribution in [3.8, 4) is 0 Å². The zero-order valence-electron chi connectivity index (χ0n) is 8.69. The summed E-state index contributed by atoms with van der Waals surface area (Å²) in [7, 11) is -1.40. The Morgan fingerprint density at radius 1 is 1.57 bits per heavy atom. The Kier molecular flexibility index (Phi) is 4.69. The number of likely N-dealkylation sites (N-methyl/N-ethyl adjacent to an activating group) is 1. The third-order valence-electron chi connectivity index (χ3n) is 2.36. The molecule has 0 bridgehead atoms. The number of nitrogens with zero attached hydrogens (tertiary/aromatic N) is 1. The molecule has 0 saturated carbocycles. The monoisotopic (exact) mass is 238 g/mol. The van der Waals surface area contributed by atoms with Crippen LogP contribution in [0, 0.1) is 0 Å². The second-order valence-electron chi connectivity index (χ2n) is 3.60. The highest BCUT2D eigenvalue weighted by Gasteiger charge is 2.15. The van der Waals surface area contributed by atoms with E-state index in [1.807, 2.05) is 11.8 Å². The fraction of sp³-hybridized carbons (Fsp3) is 1.00. The van der Waals surface area contributed by atoms with Crippen LogP contribution in [0.3, 0.4) is 0 Å². The van der Waals surface area contributed by atoms with E-state index in [2.05, 4.69) is 5.32 Å². The molecule has 1 aliphatic rings. The summed E-state index contributed by atoms with van der Waals surface area (Å²) >= 11 is 1.95. The van der Waals surface area contributed by atoms with Crippen molar-refractivity contribution in [2.75, 3.05) is 37.9 Å². The molecule has 1 atom stereocenters. The number of thioether (sulfide) groups is 1. The first-order chi connectivity index (χ1) is 6.50. The molecule has 0 aliphatic carbocycles. The smallest absolute Gasteiger partial charge is 0.210 e. The van der Waals surface area contributed by atoms with Gasteiger partial charge in [0.05, 0.1) is 6.26 Å². The average Bonchev–Trinajstić information content (AvgIpc) is 2.55. The molecule has 6 heteroatoms. The highest BCUT2D eigenvalue weighted by atomic mass is 32.2. The van der Waals surface area contributed by atoms with E-state index < -0.39 is 10.0 Å². The van der Waals surface area contributed by atoms with Crippen LogP contribution >= 0.6 is 11.8 Å². The molecule has 1 aliphatic heterocycles. The quantitative estimate of drug-likeness (QED) is 0.731. The fourth-order valence-electron chi connectivity index (χ4n) is 1.29. The van der Waals surface area contributed by atoms with E-state index in [1.54, 1.807) is 7.05 Å². The Bertz CT molecular complexity index is 261. The molecule has 14 heavy (non-hydrogen) atoms. The minimum atomic E-state index is -3.01. The summed E-state index contributed by atoms with van der Waals surface area (Å²) in [5.74, 6) is 2.38. The van der Waals surface area contributed by atoms with Crippen LogP contribution < -0.4 is 5.32 Å². The van der Waals surface area contributed by atoms with Gasteiger partial charge in [-0.25, -0.2) is 12.7 Å². The van der Waals surface area contributed by atoms with Crippen molar-refractivity contribution >= 4 is 21.8 Å².